The lowest BCUT2D eigenvalue weighted by molar-refractivity contribution is -0.141. The lowest BCUT2D eigenvalue weighted by atomic mass is 9.78. The largest absolute Gasteiger partial charge is 0.426 e. The second-order valence-electron chi connectivity index (χ2n) is 10.5. The molecule has 180 valence electrons. The standard InChI is InChI=1S/C31H38O3/c1-4-22-5-7-23(8-6-22)24-9-11-25(12-10-24)26-17-19-29(20-18-26)34-31(33)28-15-13-27(14-16-28)30(32)21(2)3/h4,9-12,17-23,27-28H,1,5-8,13-16H2,2-3H3. The van der Waals surface area contributed by atoms with Crippen LogP contribution in [0.3, 0.4) is 0 Å². The van der Waals surface area contributed by atoms with Crippen LogP contribution < -0.4 is 4.74 Å². The Morgan fingerprint density at radius 3 is 1.85 bits per heavy atom. The molecule has 0 heterocycles. The van der Waals surface area contributed by atoms with Gasteiger partial charge in [-0.3, -0.25) is 9.59 Å². The molecule has 0 radical (unpaired) electrons. The van der Waals surface area contributed by atoms with Gasteiger partial charge in [0.15, 0.2) is 0 Å². The molecule has 4 rings (SSSR count). The first kappa shape index (κ1) is 24.4. The molecule has 34 heavy (non-hydrogen) atoms. The van der Waals surface area contributed by atoms with Crippen molar-refractivity contribution in [2.75, 3.05) is 0 Å². The van der Waals surface area contributed by atoms with Crippen molar-refractivity contribution in [1.29, 1.82) is 0 Å². The Labute approximate surface area is 204 Å². The van der Waals surface area contributed by atoms with E-state index in [9.17, 15) is 9.59 Å². The summed E-state index contributed by atoms with van der Waals surface area (Å²) in [6.45, 7) is 7.86. The minimum atomic E-state index is -0.168. The van der Waals surface area contributed by atoms with Gasteiger partial charge in [-0.1, -0.05) is 56.3 Å². The number of hydrogen-bond acceptors (Lipinski definition) is 3. The molecule has 2 aromatic rings. The fraction of sp³-hybridized carbons (Fsp3) is 0.484. The van der Waals surface area contributed by atoms with Crippen molar-refractivity contribution in [2.45, 2.75) is 71.1 Å². The number of esters is 1. The molecule has 3 nitrogen and oxygen atoms in total. The fourth-order valence-corrected chi connectivity index (χ4v) is 5.64. The predicted molar refractivity (Wildman–Crippen MR) is 138 cm³/mol. The summed E-state index contributed by atoms with van der Waals surface area (Å²) < 4.78 is 5.67. The Morgan fingerprint density at radius 2 is 1.32 bits per heavy atom. The fourth-order valence-electron chi connectivity index (χ4n) is 5.64. The second-order valence-corrected chi connectivity index (χ2v) is 10.5. The number of carbonyl (C=O) groups is 2. The van der Waals surface area contributed by atoms with Crippen LogP contribution in [0, 0.1) is 23.7 Å². The minimum Gasteiger partial charge on any atom is -0.426 e. The molecule has 2 aromatic carbocycles. The molecule has 0 unspecified atom stereocenters. The first-order chi connectivity index (χ1) is 16.4. The molecule has 0 saturated heterocycles. The van der Waals surface area contributed by atoms with Crippen LogP contribution in [0.25, 0.3) is 11.1 Å². The zero-order valence-corrected chi connectivity index (χ0v) is 20.7. The molecule has 0 amide bonds. The van der Waals surface area contributed by atoms with E-state index in [0.717, 1.165) is 31.2 Å². The summed E-state index contributed by atoms with van der Waals surface area (Å²) in [6.07, 6.45) is 10.1. The van der Waals surface area contributed by atoms with E-state index in [1.54, 1.807) is 0 Å². The Balaban J connectivity index is 1.30. The Kier molecular flexibility index (Phi) is 8.03. The highest BCUT2D eigenvalue weighted by Gasteiger charge is 2.31. The minimum absolute atomic E-state index is 0.0700. The van der Waals surface area contributed by atoms with Gasteiger partial charge in [-0.15, -0.1) is 6.58 Å². The zero-order valence-electron chi connectivity index (χ0n) is 20.7. The van der Waals surface area contributed by atoms with Crippen LogP contribution in [0.2, 0.25) is 0 Å². The Hall–Kier alpha value is -2.68. The van der Waals surface area contributed by atoms with Crippen molar-refractivity contribution in [3.63, 3.8) is 0 Å². The summed E-state index contributed by atoms with van der Waals surface area (Å²) in [6, 6.07) is 16.7. The number of rotatable bonds is 7. The molecule has 0 N–H and O–H groups in total. The van der Waals surface area contributed by atoms with Gasteiger partial charge in [-0.2, -0.15) is 0 Å². The van der Waals surface area contributed by atoms with Gasteiger partial charge in [0, 0.05) is 11.8 Å². The molecule has 2 aliphatic carbocycles. The third-order valence-corrected chi connectivity index (χ3v) is 7.93. The summed E-state index contributed by atoms with van der Waals surface area (Å²) in [4.78, 5) is 24.9. The summed E-state index contributed by atoms with van der Waals surface area (Å²) >= 11 is 0. The van der Waals surface area contributed by atoms with Crippen LogP contribution in [-0.4, -0.2) is 11.8 Å². The van der Waals surface area contributed by atoms with Crippen LogP contribution in [0.1, 0.15) is 76.7 Å². The van der Waals surface area contributed by atoms with Crippen LogP contribution in [0.15, 0.2) is 61.2 Å². The van der Waals surface area contributed by atoms with Gasteiger partial charge in [-0.05, 0) is 92.0 Å². The molecule has 0 spiro atoms. The van der Waals surface area contributed by atoms with Gasteiger partial charge in [0.1, 0.15) is 11.5 Å². The van der Waals surface area contributed by atoms with Crippen LogP contribution in [0.4, 0.5) is 0 Å². The summed E-state index contributed by atoms with van der Waals surface area (Å²) in [7, 11) is 0. The lowest BCUT2D eigenvalue weighted by Gasteiger charge is -2.27. The highest BCUT2D eigenvalue weighted by atomic mass is 16.5. The van der Waals surface area contributed by atoms with Gasteiger partial charge >= 0.3 is 5.97 Å². The predicted octanol–water partition coefficient (Wildman–Crippen LogP) is 7.75. The number of ketones is 1. The molecular weight excluding hydrogens is 420 g/mol. The number of carbonyl (C=O) groups excluding carboxylic acids is 2. The number of Topliss-reactive ketones (excluding diaryl/α,β-unsaturated/α-hetero) is 1. The quantitative estimate of drug-likeness (QED) is 0.242. The third kappa shape index (κ3) is 5.87. The van der Waals surface area contributed by atoms with E-state index < -0.39 is 0 Å². The molecule has 0 atom stereocenters. The maximum Gasteiger partial charge on any atom is 0.314 e. The number of ether oxygens (including phenoxy) is 1. The van der Waals surface area contributed by atoms with Crippen LogP contribution in [-0.2, 0) is 9.59 Å². The van der Waals surface area contributed by atoms with Gasteiger partial charge in [0.2, 0.25) is 0 Å². The third-order valence-electron chi connectivity index (χ3n) is 7.93. The SMILES string of the molecule is C=CC1CCC(c2ccc(-c3ccc(OC(=O)C4CCC(C(=O)C(C)C)CC4)cc3)cc2)CC1. The average Bonchev–Trinajstić information content (AvgIpc) is 2.89. The highest BCUT2D eigenvalue weighted by Crippen LogP contribution is 2.37. The molecule has 2 saturated carbocycles. The van der Waals surface area contributed by atoms with E-state index in [1.807, 2.05) is 38.1 Å². The summed E-state index contributed by atoms with van der Waals surface area (Å²) in [5.41, 5.74) is 3.73. The van der Waals surface area contributed by atoms with Crippen molar-refractivity contribution in [1.82, 2.24) is 0 Å². The number of hydrogen-bond donors (Lipinski definition) is 0. The van der Waals surface area contributed by atoms with Crippen molar-refractivity contribution in [2.24, 2.45) is 23.7 Å². The molecule has 3 heteroatoms. The van der Waals surface area contributed by atoms with E-state index >= 15 is 0 Å². The Morgan fingerprint density at radius 1 is 0.794 bits per heavy atom. The normalized spacial score (nSPS) is 25.0. The summed E-state index contributed by atoms with van der Waals surface area (Å²) in [5.74, 6) is 2.17. The molecule has 2 fully saturated rings. The maximum atomic E-state index is 12.6. The van der Waals surface area contributed by atoms with E-state index in [4.69, 9.17) is 4.74 Å². The first-order valence-corrected chi connectivity index (χ1v) is 13.0. The first-order valence-electron chi connectivity index (χ1n) is 13.0. The van der Waals surface area contributed by atoms with Gasteiger partial charge in [0.05, 0.1) is 5.92 Å². The monoisotopic (exact) mass is 458 g/mol. The maximum absolute atomic E-state index is 12.6. The van der Waals surface area contributed by atoms with Gasteiger partial charge in [-0.25, -0.2) is 0 Å². The number of benzene rings is 2. The molecule has 2 aliphatic rings. The number of allylic oxidation sites excluding steroid dienone is 1. The highest BCUT2D eigenvalue weighted by molar-refractivity contribution is 5.83. The van der Waals surface area contributed by atoms with E-state index in [1.165, 1.54) is 36.8 Å². The van der Waals surface area contributed by atoms with Crippen molar-refractivity contribution >= 4 is 11.8 Å². The van der Waals surface area contributed by atoms with Gasteiger partial charge < -0.3 is 4.74 Å². The van der Waals surface area contributed by atoms with Crippen LogP contribution >= 0.6 is 0 Å². The Bertz CT molecular complexity index is 970. The summed E-state index contributed by atoms with van der Waals surface area (Å²) in [5, 5.41) is 0. The van der Waals surface area contributed by atoms with Crippen molar-refractivity contribution in [3.05, 3.63) is 66.7 Å². The van der Waals surface area contributed by atoms with Crippen molar-refractivity contribution < 1.29 is 14.3 Å². The molecule has 0 aliphatic heterocycles. The van der Waals surface area contributed by atoms with E-state index in [-0.39, 0.29) is 23.7 Å². The molecule has 0 aromatic heterocycles. The second kappa shape index (κ2) is 11.2. The van der Waals surface area contributed by atoms with Gasteiger partial charge in [0.25, 0.3) is 0 Å². The van der Waals surface area contributed by atoms with E-state index in [2.05, 4.69) is 36.9 Å². The smallest absolute Gasteiger partial charge is 0.314 e. The van der Waals surface area contributed by atoms with Crippen LogP contribution in [0.5, 0.6) is 5.75 Å². The zero-order chi connectivity index (χ0) is 24.1. The van der Waals surface area contributed by atoms with E-state index in [0.29, 0.717) is 23.4 Å². The molecular formula is C31H38O3. The van der Waals surface area contributed by atoms with Crippen molar-refractivity contribution in [3.8, 4) is 16.9 Å². The average molecular weight is 459 g/mol. The topological polar surface area (TPSA) is 43.4 Å². The molecule has 0 bridgehead atoms. The lowest BCUT2D eigenvalue weighted by Crippen LogP contribution is -2.30.